The van der Waals surface area contributed by atoms with Gasteiger partial charge >= 0.3 is 18.3 Å². The molecule has 1 saturated heterocycles. The van der Waals surface area contributed by atoms with Crippen molar-refractivity contribution in [3.05, 3.63) is 41.5 Å². The van der Waals surface area contributed by atoms with Crippen molar-refractivity contribution >= 4 is 12.0 Å². The third-order valence-electron chi connectivity index (χ3n) is 3.32. The molecule has 2 N–H and O–H groups in total. The van der Waals surface area contributed by atoms with E-state index < -0.39 is 23.9 Å². The Balaban J connectivity index is 0.000000381. The quantitative estimate of drug-likeness (QED) is 0.801. The van der Waals surface area contributed by atoms with Crippen LogP contribution in [-0.2, 0) is 15.7 Å². The molecule has 0 atom stereocenters. The molecule has 0 radical (unpaired) electrons. The average Bonchev–Trinajstić information content (AvgIpc) is 2.46. The maximum absolute atomic E-state index is 12.4. The summed E-state index contributed by atoms with van der Waals surface area (Å²) in [7, 11) is 1.62. The zero-order valence-corrected chi connectivity index (χ0v) is 12.9. The number of hydrogen-bond acceptors (Lipinski definition) is 3. The van der Waals surface area contributed by atoms with Gasteiger partial charge in [-0.1, -0.05) is 18.2 Å². The third kappa shape index (κ3) is 6.39. The van der Waals surface area contributed by atoms with Crippen LogP contribution in [0.25, 0.3) is 6.08 Å². The van der Waals surface area contributed by atoms with Crippen molar-refractivity contribution < 1.29 is 41.0 Å². The summed E-state index contributed by atoms with van der Waals surface area (Å²) < 4.78 is 74.2. The molecule has 1 heterocycles. The van der Waals surface area contributed by atoms with E-state index in [-0.39, 0.29) is 5.60 Å². The Hall–Kier alpha value is -2.07. The number of carboxylic acid groups (broad SMARTS) is 1. The summed E-state index contributed by atoms with van der Waals surface area (Å²) in [4.78, 5) is 8.90. The second-order valence-corrected chi connectivity index (χ2v) is 5.13. The molecule has 1 aliphatic rings. The van der Waals surface area contributed by atoms with Gasteiger partial charge in [-0.15, -0.1) is 0 Å². The van der Waals surface area contributed by atoms with Crippen molar-refractivity contribution in [3.63, 3.8) is 0 Å². The molecule has 1 fully saturated rings. The molecule has 0 aromatic heterocycles. The second-order valence-electron chi connectivity index (χ2n) is 5.13. The number of nitrogens with one attached hydrogen (secondary N) is 1. The Kier molecular flexibility index (Phi) is 6.61. The fourth-order valence-corrected chi connectivity index (χ4v) is 1.73. The van der Waals surface area contributed by atoms with Crippen LogP contribution < -0.4 is 5.32 Å². The van der Waals surface area contributed by atoms with Crippen LogP contribution in [0.4, 0.5) is 26.3 Å². The first kappa shape index (κ1) is 21.0. The lowest BCUT2D eigenvalue weighted by Crippen LogP contribution is -2.59. The van der Waals surface area contributed by atoms with Gasteiger partial charge in [-0.25, -0.2) is 4.79 Å². The first-order valence-electron chi connectivity index (χ1n) is 6.82. The van der Waals surface area contributed by atoms with Crippen LogP contribution in [0.3, 0.4) is 0 Å². The van der Waals surface area contributed by atoms with Crippen molar-refractivity contribution in [1.29, 1.82) is 0 Å². The van der Waals surface area contributed by atoms with E-state index >= 15 is 0 Å². The fourth-order valence-electron chi connectivity index (χ4n) is 1.73. The van der Waals surface area contributed by atoms with Gasteiger partial charge in [0.25, 0.3) is 0 Å². The van der Waals surface area contributed by atoms with Crippen molar-refractivity contribution in [2.75, 3.05) is 20.2 Å². The molecule has 0 bridgehead atoms. The van der Waals surface area contributed by atoms with E-state index in [0.29, 0.717) is 0 Å². The molecule has 1 aromatic carbocycles. The van der Waals surface area contributed by atoms with Crippen molar-refractivity contribution in [1.82, 2.24) is 5.32 Å². The number of ether oxygens (including phenoxy) is 1. The summed E-state index contributed by atoms with van der Waals surface area (Å²) in [6, 6.07) is 5.07. The second kappa shape index (κ2) is 7.87. The summed E-state index contributed by atoms with van der Waals surface area (Å²) in [6.07, 6.45) is -5.70. The topological polar surface area (TPSA) is 58.6 Å². The maximum atomic E-state index is 12.4. The predicted molar refractivity (Wildman–Crippen MR) is 76.8 cm³/mol. The number of carboxylic acids is 1. The molecule has 10 heteroatoms. The molecule has 1 aliphatic heterocycles. The van der Waals surface area contributed by atoms with Gasteiger partial charge in [0.1, 0.15) is 5.60 Å². The van der Waals surface area contributed by atoms with Gasteiger partial charge in [0, 0.05) is 20.2 Å². The third-order valence-corrected chi connectivity index (χ3v) is 3.32. The van der Waals surface area contributed by atoms with Crippen LogP contribution in [-0.4, -0.2) is 43.1 Å². The molecule has 25 heavy (non-hydrogen) atoms. The largest absolute Gasteiger partial charge is 0.490 e. The number of aliphatic carboxylic acids is 1. The zero-order chi connectivity index (χ0) is 19.3. The van der Waals surface area contributed by atoms with Crippen LogP contribution >= 0.6 is 0 Å². The summed E-state index contributed by atoms with van der Waals surface area (Å²) in [6.45, 7) is 1.45. The number of methoxy groups -OCH3 is 1. The highest BCUT2D eigenvalue weighted by Gasteiger charge is 2.38. The Morgan fingerprint density at radius 3 is 1.92 bits per heavy atom. The maximum Gasteiger partial charge on any atom is 0.490 e. The van der Waals surface area contributed by atoms with Crippen molar-refractivity contribution in [2.45, 2.75) is 18.0 Å². The van der Waals surface area contributed by atoms with Crippen LogP contribution in [0.15, 0.2) is 30.3 Å². The van der Waals surface area contributed by atoms with E-state index in [0.717, 1.165) is 30.8 Å². The Labute approximate surface area is 139 Å². The Bertz CT molecular complexity index is 598. The summed E-state index contributed by atoms with van der Waals surface area (Å²) in [5, 5.41) is 10.2. The van der Waals surface area contributed by atoms with Gasteiger partial charge in [0.05, 0.1) is 5.56 Å². The number of benzene rings is 1. The Morgan fingerprint density at radius 1 is 1.16 bits per heavy atom. The van der Waals surface area contributed by atoms with Gasteiger partial charge < -0.3 is 15.2 Å². The van der Waals surface area contributed by atoms with E-state index in [1.54, 1.807) is 13.2 Å². The number of rotatable bonds is 3. The minimum Gasteiger partial charge on any atom is -0.475 e. The minimum absolute atomic E-state index is 0.317. The molecule has 1 aromatic rings. The predicted octanol–water partition coefficient (Wildman–Crippen LogP) is 3.34. The van der Waals surface area contributed by atoms with E-state index in [4.69, 9.17) is 14.6 Å². The minimum atomic E-state index is -5.08. The molecule has 0 unspecified atom stereocenters. The molecular weight excluding hydrogens is 356 g/mol. The smallest absolute Gasteiger partial charge is 0.475 e. The van der Waals surface area contributed by atoms with Gasteiger partial charge in [-0.05, 0) is 23.8 Å². The zero-order valence-electron chi connectivity index (χ0n) is 12.9. The highest BCUT2D eigenvalue weighted by atomic mass is 19.4. The van der Waals surface area contributed by atoms with Crippen LogP contribution in [0.5, 0.6) is 0 Å². The molecule has 0 spiro atoms. The van der Waals surface area contributed by atoms with Crippen LogP contribution in [0, 0.1) is 0 Å². The molecule has 2 rings (SSSR count). The van der Waals surface area contributed by atoms with E-state index in [2.05, 4.69) is 5.32 Å². The van der Waals surface area contributed by atoms with Crippen molar-refractivity contribution in [3.8, 4) is 0 Å². The molecule has 4 nitrogen and oxygen atoms in total. The SMILES string of the molecule is COC1(C=Cc2ccc(C(F)(F)F)cc2)CNC1.O=C(O)C(F)(F)F. The van der Waals surface area contributed by atoms with Crippen LogP contribution in [0.2, 0.25) is 0 Å². The van der Waals surface area contributed by atoms with E-state index in [9.17, 15) is 26.3 Å². The molecule has 0 saturated carbocycles. The summed E-state index contributed by atoms with van der Waals surface area (Å²) in [5.74, 6) is -2.76. The summed E-state index contributed by atoms with van der Waals surface area (Å²) in [5.41, 5.74) is -0.222. The average molecular weight is 371 g/mol. The summed E-state index contributed by atoms with van der Waals surface area (Å²) >= 11 is 0. The molecule has 0 aliphatic carbocycles. The first-order valence-corrected chi connectivity index (χ1v) is 6.82. The van der Waals surface area contributed by atoms with Gasteiger partial charge in [0.2, 0.25) is 0 Å². The van der Waals surface area contributed by atoms with Gasteiger partial charge in [0.15, 0.2) is 0 Å². The van der Waals surface area contributed by atoms with E-state index in [1.807, 2.05) is 6.08 Å². The van der Waals surface area contributed by atoms with Crippen molar-refractivity contribution in [2.24, 2.45) is 0 Å². The number of alkyl halides is 6. The number of halogens is 6. The lowest BCUT2D eigenvalue weighted by molar-refractivity contribution is -0.192. The van der Waals surface area contributed by atoms with Gasteiger partial charge in [-0.3, -0.25) is 0 Å². The monoisotopic (exact) mass is 371 g/mol. The normalized spacial score (nSPS) is 16.8. The fraction of sp³-hybridized carbons (Fsp3) is 0.400. The number of carbonyl (C=O) groups is 1. The molecule has 140 valence electrons. The van der Waals surface area contributed by atoms with Crippen LogP contribution in [0.1, 0.15) is 11.1 Å². The lowest BCUT2D eigenvalue weighted by atomic mass is 9.95. The first-order chi connectivity index (χ1) is 11.4. The standard InChI is InChI=1S/C13H14F3NO.C2HF3O2/c1-18-12(8-17-9-12)7-6-10-2-4-11(5-3-10)13(14,15)16;3-2(4,5)1(6)7/h2-7,17H,8-9H2,1H3;(H,6,7). The van der Waals surface area contributed by atoms with E-state index in [1.165, 1.54) is 12.1 Å². The highest BCUT2D eigenvalue weighted by Crippen LogP contribution is 2.29. The molecular formula is C15H15F6NO3. The Morgan fingerprint density at radius 2 is 1.64 bits per heavy atom. The highest BCUT2D eigenvalue weighted by molar-refractivity contribution is 5.73. The van der Waals surface area contributed by atoms with Gasteiger partial charge in [-0.2, -0.15) is 26.3 Å². The number of hydrogen-bond donors (Lipinski definition) is 2. The molecule has 0 amide bonds. The lowest BCUT2D eigenvalue weighted by Gasteiger charge is -2.38.